The average molecular weight is 288 g/mol. The largest absolute Gasteiger partial charge is 0.345 e. The maximum absolute atomic E-state index is 11.7. The molecular weight excluding hydrogens is 270 g/mol. The molecule has 2 rings (SSSR count). The van der Waals surface area contributed by atoms with Gasteiger partial charge < -0.3 is 0 Å². The summed E-state index contributed by atoms with van der Waals surface area (Å²) in [5, 5.41) is 5.11. The lowest BCUT2D eigenvalue weighted by molar-refractivity contribution is 0.181. The normalized spacial score (nSPS) is 19.9. The van der Waals surface area contributed by atoms with Gasteiger partial charge in [0.1, 0.15) is 6.33 Å². The van der Waals surface area contributed by atoms with Crippen LogP contribution in [-0.4, -0.2) is 19.7 Å². The highest BCUT2D eigenvalue weighted by atomic mass is 79.9. The molecule has 5 heteroatoms. The van der Waals surface area contributed by atoms with Crippen molar-refractivity contribution >= 4 is 15.9 Å². The number of halogens is 1. The summed E-state index contributed by atoms with van der Waals surface area (Å²) in [5.74, 6) is 0. The van der Waals surface area contributed by atoms with E-state index in [4.69, 9.17) is 0 Å². The summed E-state index contributed by atoms with van der Waals surface area (Å²) in [7, 11) is 1.74. The van der Waals surface area contributed by atoms with E-state index in [-0.39, 0.29) is 11.1 Å². The Labute approximate surface area is 104 Å². The van der Waals surface area contributed by atoms with Crippen molar-refractivity contribution in [2.24, 2.45) is 12.5 Å². The first-order valence-electron chi connectivity index (χ1n) is 5.81. The monoisotopic (exact) mass is 287 g/mol. The van der Waals surface area contributed by atoms with Crippen LogP contribution in [0.15, 0.2) is 11.1 Å². The van der Waals surface area contributed by atoms with E-state index in [1.807, 2.05) is 0 Å². The van der Waals surface area contributed by atoms with E-state index < -0.39 is 0 Å². The summed E-state index contributed by atoms with van der Waals surface area (Å²) in [5.41, 5.74) is 0.224. The number of aryl methyl sites for hydroxylation is 1. The lowest BCUT2D eigenvalue weighted by Gasteiger charge is -2.35. The first-order chi connectivity index (χ1) is 7.67. The van der Waals surface area contributed by atoms with Gasteiger partial charge in [-0.2, -0.15) is 5.10 Å². The molecule has 1 aromatic rings. The fourth-order valence-corrected chi connectivity index (χ4v) is 3.22. The van der Waals surface area contributed by atoms with Crippen molar-refractivity contribution in [1.82, 2.24) is 14.3 Å². The van der Waals surface area contributed by atoms with Crippen LogP contribution in [0.1, 0.15) is 32.1 Å². The van der Waals surface area contributed by atoms with Crippen molar-refractivity contribution in [3.05, 3.63) is 16.8 Å². The Balaban J connectivity index is 2.18. The van der Waals surface area contributed by atoms with E-state index >= 15 is 0 Å². The number of aromatic nitrogens is 3. The molecule has 0 N–H and O–H groups in total. The third-order valence-corrected chi connectivity index (χ3v) is 4.76. The van der Waals surface area contributed by atoms with Crippen molar-refractivity contribution in [3.63, 3.8) is 0 Å². The molecule has 0 saturated heterocycles. The smallest absolute Gasteiger partial charge is 0.285 e. The number of hydrogen-bond acceptors (Lipinski definition) is 2. The van der Waals surface area contributed by atoms with Gasteiger partial charge in [0.2, 0.25) is 0 Å². The second-order valence-corrected chi connectivity index (χ2v) is 5.44. The van der Waals surface area contributed by atoms with Crippen LogP contribution in [0.4, 0.5) is 0 Å². The zero-order valence-corrected chi connectivity index (χ0v) is 11.2. The molecule has 0 bridgehead atoms. The van der Waals surface area contributed by atoms with Crippen LogP contribution in [0.3, 0.4) is 0 Å². The fraction of sp³-hybridized carbons (Fsp3) is 0.818. The van der Waals surface area contributed by atoms with Crippen molar-refractivity contribution in [1.29, 1.82) is 0 Å². The molecule has 1 aromatic heterocycles. The third-order valence-electron chi connectivity index (χ3n) is 3.57. The zero-order chi connectivity index (χ0) is 11.6. The van der Waals surface area contributed by atoms with E-state index in [0.717, 1.165) is 11.9 Å². The first kappa shape index (κ1) is 11.9. The SMILES string of the molecule is Cn1cnn(CC2(CBr)CCCCC2)c1=O. The molecule has 1 saturated carbocycles. The second kappa shape index (κ2) is 4.73. The molecule has 0 spiro atoms. The summed E-state index contributed by atoms with van der Waals surface area (Å²) >= 11 is 3.61. The van der Waals surface area contributed by atoms with Crippen molar-refractivity contribution < 1.29 is 0 Å². The lowest BCUT2D eigenvalue weighted by atomic mass is 9.76. The summed E-state index contributed by atoms with van der Waals surface area (Å²) in [6, 6.07) is 0. The molecular formula is C11H18BrN3O. The highest BCUT2D eigenvalue weighted by Crippen LogP contribution is 2.38. The zero-order valence-electron chi connectivity index (χ0n) is 9.65. The van der Waals surface area contributed by atoms with E-state index in [0.29, 0.717) is 0 Å². The predicted octanol–water partition coefficient (Wildman–Crippen LogP) is 1.93. The molecule has 0 aliphatic heterocycles. The highest BCUT2D eigenvalue weighted by molar-refractivity contribution is 9.09. The molecule has 1 aliphatic carbocycles. The quantitative estimate of drug-likeness (QED) is 0.797. The van der Waals surface area contributed by atoms with E-state index in [1.165, 1.54) is 36.7 Å². The van der Waals surface area contributed by atoms with E-state index in [1.54, 1.807) is 18.1 Å². The Morgan fingerprint density at radius 1 is 1.44 bits per heavy atom. The molecule has 1 heterocycles. The predicted molar refractivity (Wildman–Crippen MR) is 66.8 cm³/mol. The average Bonchev–Trinajstić information content (AvgIpc) is 2.62. The van der Waals surface area contributed by atoms with E-state index in [9.17, 15) is 4.79 Å². The number of alkyl halides is 1. The Morgan fingerprint density at radius 2 is 2.12 bits per heavy atom. The minimum Gasteiger partial charge on any atom is -0.285 e. The molecule has 0 radical (unpaired) electrons. The fourth-order valence-electron chi connectivity index (χ4n) is 2.48. The minimum absolute atomic E-state index is 0.00843. The van der Waals surface area contributed by atoms with Gasteiger partial charge >= 0.3 is 5.69 Å². The summed E-state index contributed by atoms with van der Waals surface area (Å²) in [6.45, 7) is 0.748. The molecule has 4 nitrogen and oxygen atoms in total. The van der Waals surface area contributed by atoms with Crippen LogP contribution in [0, 0.1) is 5.41 Å². The third kappa shape index (κ3) is 2.24. The summed E-state index contributed by atoms with van der Waals surface area (Å²) < 4.78 is 3.14. The maximum atomic E-state index is 11.7. The number of nitrogens with zero attached hydrogens (tertiary/aromatic N) is 3. The standard InChI is InChI=1S/C11H18BrN3O/c1-14-9-13-15(10(14)16)8-11(7-12)5-3-2-4-6-11/h9H,2-8H2,1H3. The van der Waals surface area contributed by atoms with Crippen LogP contribution in [0.5, 0.6) is 0 Å². The second-order valence-electron chi connectivity index (χ2n) is 4.88. The van der Waals surface area contributed by atoms with Crippen LogP contribution < -0.4 is 5.69 Å². The van der Waals surface area contributed by atoms with Crippen LogP contribution in [0.2, 0.25) is 0 Å². The topological polar surface area (TPSA) is 39.8 Å². The van der Waals surface area contributed by atoms with Gasteiger partial charge in [-0.25, -0.2) is 9.48 Å². The molecule has 90 valence electrons. The molecule has 0 unspecified atom stereocenters. The summed E-state index contributed by atoms with van der Waals surface area (Å²) in [4.78, 5) is 11.7. The van der Waals surface area contributed by atoms with Crippen LogP contribution in [-0.2, 0) is 13.6 Å². The number of hydrogen-bond donors (Lipinski definition) is 0. The van der Waals surface area contributed by atoms with Crippen molar-refractivity contribution in [2.75, 3.05) is 5.33 Å². The Kier molecular flexibility index (Phi) is 3.52. The van der Waals surface area contributed by atoms with Crippen molar-refractivity contribution in [2.45, 2.75) is 38.6 Å². The van der Waals surface area contributed by atoms with Gasteiger partial charge in [0, 0.05) is 12.4 Å². The van der Waals surface area contributed by atoms with Gasteiger partial charge in [0.25, 0.3) is 0 Å². The van der Waals surface area contributed by atoms with Gasteiger partial charge in [0.05, 0.1) is 6.54 Å². The van der Waals surface area contributed by atoms with Crippen LogP contribution in [0.25, 0.3) is 0 Å². The molecule has 0 aromatic carbocycles. The van der Waals surface area contributed by atoms with Gasteiger partial charge in [-0.05, 0) is 18.3 Å². The number of rotatable bonds is 3. The van der Waals surface area contributed by atoms with E-state index in [2.05, 4.69) is 21.0 Å². The Hall–Kier alpha value is -0.580. The van der Waals surface area contributed by atoms with Gasteiger partial charge in [0.15, 0.2) is 0 Å². The highest BCUT2D eigenvalue weighted by Gasteiger charge is 2.32. The lowest BCUT2D eigenvalue weighted by Crippen LogP contribution is -2.36. The Morgan fingerprint density at radius 3 is 2.62 bits per heavy atom. The summed E-state index contributed by atoms with van der Waals surface area (Å²) in [6.07, 6.45) is 7.85. The molecule has 0 atom stereocenters. The Bertz CT molecular complexity index is 404. The van der Waals surface area contributed by atoms with Gasteiger partial charge in [-0.1, -0.05) is 35.2 Å². The molecule has 1 aliphatic rings. The molecule has 16 heavy (non-hydrogen) atoms. The van der Waals surface area contributed by atoms with Crippen molar-refractivity contribution in [3.8, 4) is 0 Å². The van der Waals surface area contributed by atoms with Gasteiger partial charge in [-0.15, -0.1) is 0 Å². The molecule has 0 amide bonds. The van der Waals surface area contributed by atoms with Crippen LogP contribution >= 0.6 is 15.9 Å². The van der Waals surface area contributed by atoms with Gasteiger partial charge in [-0.3, -0.25) is 4.57 Å². The molecule has 1 fully saturated rings. The minimum atomic E-state index is -0.00843. The first-order valence-corrected chi connectivity index (χ1v) is 6.93. The maximum Gasteiger partial charge on any atom is 0.345 e.